The molecule has 1 fully saturated rings. The van der Waals surface area contributed by atoms with Crippen molar-refractivity contribution in [1.82, 2.24) is 5.32 Å². The topological polar surface area (TPSA) is 49.3 Å². The van der Waals surface area contributed by atoms with Crippen LogP contribution in [0.15, 0.2) is 18.2 Å². The molecule has 0 heterocycles. The maximum Gasteiger partial charge on any atom is 0.336 e. The van der Waals surface area contributed by atoms with Gasteiger partial charge in [-0.25, -0.2) is 9.18 Å². The molecule has 92 valence electrons. The summed E-state index contributed by atoms with van der Waals surface area (Å²) in [4.78, 5) is 11.0. The Morgan fingerprint density at radius 1 is 1.41 bits per heavy atom. The molecule has 1 aromatic carbocycles. The largest absolute Gasteiger partial charge is 0.478 e. The number of hydrogen-bond acceptors (Lipinski definition) is 2. The van der Waals surface area contributed by atoms with Crippen LogP contribution in [0.25, 0.3) is 0 Å². The number of rotatable bonds is 4. The van der Waals surface area contributed by atoms with E-state index in [2.05, 4.69) is 5.32 Å². The molecule has 0 aromatic heterocycles. The minimum atomic E-state index is -1.08. The van der Waals surface area contributed by atoms with Gasteiger partial charge in [0.15, 0.2) is 0 Å². The zero-order chi connectivity index (χ0) is 12.3. The summed E-state index contributed by atoms with van der Waals surface area (Å²) >= 11 is 0. The van der Waals surface area contributed by atoms with E-state index in [0.29, 0.717) is 18.2 Å². The van der Waals surface area contributed by atoms with Gasteiger partial charge in [-0.3, -0.25) is 0 Å². The number of carboxylic acid groups (broad SMARTS) is 1. The van der Waals surface area contributed by atoms with Gasteiger partial charge in [-0.05, 0) is 30.5 Å². The molecule has 1 saturated carbocycles. The molecule has 0 amide bonds. The zero-order valence-corrected chi connectivity index (χ0v) is 9.58. The summed E-state index contributed by atoms with van der Waals surface area (Å²) in [6.07, 6.45) is 4.74. The molecule has 0 radical (unpaired) electrons. The molecule has 0 bridgehead atoms. The molecule has 4 heteroatoms. The molecule has 1 aliphatic carbocycles. The molecular weight excluding hydrogens is 221 g/mol. The fourth-order valence-corrected chi connectivity index (χ4v) is 2.29. The van der Waals surface area contributed by atoms with Crippen LogP contribution in [0, 0.1) is 5.82 Å². The van der Waals surface area contributed by atoms with Crippen molar-refractivity contribution in [2.75, 3.05) is 0 Å². The molecule has 1 aliphatic rings. The van der Waals surface area contributed by atoms with Gasteiger partial charge in [-0.1, -0.05) is 18.9 Å². The predicted molar refractivity (Wildman–Crippen MR) is 62.5 cm³/mol. The van der Waals surface area contributed by atoms with Gasteiger partial charge in [0.1, 0.15) is 5.82 Å². The van der Waals surface area contributed by atoms with Crippen LogP contribution in [-0.4, -0.2) is 17.1 Å². The zero-order valence-electron chi connectivity index (χ0n) is 9.58. The molecule has 0 saturated heterocycles. The van der Waals surface area contributed by atoms with Crippen molar-refractivity contribution in [3.8, 4) is 0 Å². The summed E-state index contributed by atoms with van der Waals surface area (Å²) in [7, 11) is 0. The van der Waals surface area contributed by atoms with Crippen LogP contribution in [0.3, 0.4) is 0 Å². The van der Waals surface area contributed by atoms with Crippen LogP contribution < -0.4 is 5.32 Å². The Labute approximate surface area is 99.7 Å². The Morgan fingerprint density at radius 2 is 2.12 bits per heavy atom. The number of hydrogen-bond donors (Lipinski definition) is 2. The second-order valence-corrected chi connectivity index (χ2v) is 4.47. The Morgan fingerprint density at radius 3 is 2.76 bits per heavy atom. The van der Waals surface area contributed by atoms with Gasteiger partial charge in [-0.2, -0.15) is 0 Å². The van der Waals surface area contributed by atoms with Gasteiger partial charge < -0.3 is 10.4 Å². The maximum absolute atomic E-state index is 13.0. The van der Waals surface area contributed by atoms with E-state index in [1.807, 2.05) is 0 Å². The van der Waals surface area contributed by atoms with Gasteiger partial charge in [-0.15, -0.1) is 0 Å². The summed E-state index contributed by atoms with van der Waals surface area (Å²) in [5.41, 5.74) is 0.696. The first kappa shape index (κ1) is 12.0. The Hall–Kier alpha value is -1.42. The predicted octanol–water partition coefficient (Wildman–Crippen LogP) is 2.56. The van der Waals surface area contributed by atoms with E-state index in [1.54, 1.807) is 6.07 Å². The number of carboxylic acids is 1. The number of benzene rings is 1. The Kier molecular flexibility index (Phi) is 3.74. The molecule has 0 spiro atoms. The molecule has 17 heavy (non-hydrogen) atoms. The third kappa shape index (κ3) is 3.03. The standard InChI is InChI=1S/C13H16FNO2/c14-10-6-5-9(12(7-10)13(16)17)8-15-11-3-1-2-4-11/h5-7,11,15H,1-4,8H2,(H,16,17). The minimum Gasteiger partial charge on any atom is -0.478 e. The first-order chi connectivity index (χ1) is 8.16. The van der Waals surface area contributed by atoms with Crippen molar-refractivity contribution in [1.29, 1.82) is 0 Å². The fourth-order valence-electron chi connectivity index (χ4n) is 2.29. The lowest BCUT2D eigenvalue weighted by Gasteiger charge is -2.13. The van der Waals surface area contributed by atoms with E-state index in [1.165, 1.54) is 18.9 Å². The van der Waals surface area contributed by atoms with E-state index >= 15 is 0 Å². The van der Waals surface area contributed by atoms with E-state index in [0.717, 1.165) is 18.9 Å². The molecule has 0 aliphatic heterocycles. The third-order valence-electron chi connectivity index (χ3n) is 3.24. The Bertz CT molecular complexity index is 414. The van der Waals surface area contributed by atoms with Crippen LogP contribution in [0.1, 0.15) is 41.6 Å². The minimum absolute atomic E-state index is 0.0514. The van der Waals surface area contributed by atoms with E-state index < -0.39 is 11.8 Å². The normalized spacial score (nSPS) is 16.3. The lowest BCUT2D eigenvalue weighted by molar-refractivity contribution is 0.0695. The quantitative estimate of drug-likeness (QED) is 0.846. The van der Waals surface area contributed by atoms with Crippen LogP contribution in [0.5, 0.6) is 0 Å². The lowest BCUT2D eigenvalue weighted by atomic mass is 10.1. The SMILES string of the molecule is O=C(O)c1cc(F)ccc1CNC1CCCC1. The lowest BCUT2D eigenvalue weighted by Crippen LogP contribution is -2.26. The van der Waals surface area contributed by atoms with E-state index in [9.17, 15) is 9.18 Å². The number of nitrogens with one attached hydrogen (secondary N) is 1. The molecule has 3 nitrogen and oxygen atoms in total. The maximum atomic E-state index is 13.0. The van der Waals surface area contributed by atoms with Gasteiger partial charge in [0.05, 0.1) is 5.56 Å². The van der Waals surface area contributed by atoms with Crippen molar-refractivity contribution in [3.05, 3.63) is 35.1 Å². The van der Waals surface area contributed by atoms with Crippen molar-refractivity contribution < 1.29 is 14.3 Å². The summed E-state index contributed by atoms with van der Waals surface area (Å²) in [5, 5.41) is 12.3. The highest BCUT2D eigenvalue weighted by atomic mass is 19.1. The van der Waals surface area contributed by atoms with Crippen molar-refractivity contribution in [2.45, 2.75) is 38.3 Å². The monoisotopic (exact) mass is 237 g/mol. The first-order valence-electron chi connectivity index (χ1n) is 5.92. The van der Waals surface area contributed by atoms with Crippen molar-refractivity contribution >= 4 is 5.97 Å². The van der Waals surface area contributed by atoms with Crippen molar-refractivity contribution in [2.24, 2.45) is 0 Å². The summed E-state index contributed by atoms with van der Waals surface area (Å²) < 4.78 is 13.0. The van der Waals surface area contributed by atoms with Gasteiger partial charge >= 0.3 is 5.97 Å². The van der Waals surface area contributed by atoms with Gasteiger partial charge in [0, 0.05) is 12.6 Å². The number of halogens is 1. The fraction of sp³-hybridized carbons (Fsp3) is 0.462. The summed E-state index contributed by atoms with van der Waals surface area (Å²) in [6.45, 7) is 0.493. The smallest absolute Gasteiger partial charge is 0.336 e. The van der Waals surface area contributed by atoms with Gasteiger partial charge in [0.2, 0.25) is 0 Å². The van der Waals surface area contributed by atoms with Crippen molar-refractivity contribution in [3.63, 3.8) is 0 Å². The van der Waals surface area contributed by atoms with E-state index in [4.69, 9.17) is 5.11 Å². The van der Waals surface area contributed by atoms with Crippen LogP contribution in [0.4, 0.5) is 4.39 Å². The van der Waals surface area contributed by atoms with E-state index in [-0.39, 0.29) is 5.56 Å². The molecule has 1 aromatic rings. The summed E-state index contributed by atoms with van der Waals surface area (Å²) in [6, 6.07) is 4.40. The highest BCUT2D eigenvalue weighted by Gasteiger charge is 2.16. The highest BCUT2D eigenvalue weighted by molar-refractivity contribution is 5.89. The van der Waals surface area contributed by atoms with Crippen LogP contribution >= 0.6 is 0 Å². The number of carbonyl (C=O) groups is 1. The van der Waals surface area contributed by atoms with Crippen LogP contribution in [-0.2, 0) is 6.54 Å². The third-order valence-corrected chi connectivity index (χ3v) is 3.24. The molecule has 0 unspecified atom stereocenters. The number of aromatic carboxylic acids is 1. The van der Waals surface area contributed by atoms with Gasteiger partial charge in [0.25, 0.3) is 0 Å². The molecule has 2 N–H and O–H groups in total. The second kappa shape index (κ2) is 5.27. The molecular formula is C13H16FNO2. The highest BCUT2D eigenvalue weighted by Crippen LogP contribution is 2.19. The van der Waals surface area contributed by atoms with Crippen LogP contribution in [0.2, 0.25) is 0 Å². The average Bonchev–Trinajstić information content (AvgIpc) is 2.80. The second-order valence-electron chi connectivity index (χ2n) is 4.47. The molecule has 0 atom stereocenters. The Balaban J connectivity index is 2.06. The first-order valence-corrected chi connectivity index (χ1v) is 5.92. The molecule has 2 rings (SSSR count). The average molecular weight is 237 g/mol. The summed E-state index contributed by atoms with van der Waals surface area (Å²) in [5.74, 6) is -1.58.